The summed E-state index contributed by atoms with van der Waals surface area (Å²) in [7, 11) is 0. The maximum absolute atomic E-state index is 12.5. The third-order valence-electron chi connectivity index (χ3n) is 1.54. The van der Waals surface area contributed by atoms with Crippen molar-refractivity contribution < 1.29 is 18.8 Å². The van der Waals surface area contributed by atoms with E-state index in [2.05, 4.69) is 10.6 Å². The van der Waals surface area contributed by atoms with Gasteiger partial charge in [-0.25, -0.2) is 9.87 Å². The van der Waals surface area contributed by atoms with E-state index in [1.54, 1.807) is 0 Å². The molecule has 1 aromatic carbocycles. The van der Waals surface area contributed by atoms with Crippen molar-refractivity contribution in [2.75, 3.05) is 0 Å². The lowest BCUT2D eigenvalue weighted by Crippen LogP contribution is -2.35. The average molecular weight is 212 g/mol. The van der Waals surface area contributed by atoms with Crippen molar-refractivity contribution in [3.63, 3.8) is 0 Å². The number of primary amides is 1. The molecule has 0 radical (unpaired) electrons. The first-order valence-electron chi connectivity index (χ1n) is 4.05. The topological polar surface area (TPSA) is 81.4 Å². The van der Waals surface area contributed by atoms with Crippen molar-refractivity contribution in [3.05, 3.63) is 35.6 Å². The fourth-order valence-corrected chi connectivity index (χ4v) is 0.816. The molecule has 1 rings (SSSR count). The molecule has 0 fully saturated rings. The summed E-state index contributed by atoms with van der Waals surface area (Å²) < 4.78 is 12.5. The van der Waals surface area contributed by atoms with Gasteiger partial charge in [0.15, 0.2) is 0 Å². The van der Waals surface area contributed by atoms with Crippen LogP contribution in [0.3, 0.4) is 0 Å². The van der Waals surface area contributed by atoms with Crippen molar-refractivity contribution in [2.24, 2.45) is 5.73 Å². The third-order valence-corrected chi connectivity index (χ3v) is 1.54. The van der Waals surface area contributed by atoms with Crippen molar-refractivity contribution in [2.45, 2.75) is 6.61 Å². The van der Waals surface area contributed by atoms with Gasteiger partial charge in [-0.05, 0) is 17.7 Å². The standard InChI is InChI=1S/C9H9FN2O3/c10-7-3-1-6(2-4-7)5-15-12-9(14)8(11)13/h1-4H,5H2,(H2,11,13)(H,12,14). The highest BCUT2D eigenvalue weighted by Gasteiger charge is 2.07. The second kappa shape index (κ2) is 5.06. The number of carbonyl (C=O) groups is 2. The van der Waals surface area contributed by atoms with Crippen LogP contribution in [-0.4, -0.2) is 11.8 Å². The van der Waals surface area contributed by atoms with Crippen LogP contribution in [-0.2, 0) is 21.0 Å². The van der Waals surface area contributed by atoms with Crippen LogP contribution in [0.1, 0.15) is 5.56 Å². The minimum absolute atomic E-state index is 0.0271. The molecule has 2 amide bonds. The summed E-state index contributed by atoms with van der Waals surface area (Å²) in [6.07, 6.45) is 0. The smallest absolute Gasteiger partial charge is 0.332 e. The molecule has 0 aromatic heterocycles. The lowest BCUT2D eigenvalue weighted by Gasteiger charge is -2.03. The number of hydroxylamine groups is 1. The Kier molecular flexibility index (Phi) is 3.75. The minimum Gasteiger partial charge on any atom is -0.361 e. The molecule has 6 heteroatoms. The summed E-state index contributed by atoms with van der Waals surface area (Å²) in [5, 5.41) is 0. The maximum Gasteiger partial charge on any atom is 0.332 e. The molecule has 0 atom stereocenters. The van der Waals surface area contributed by atoms with E-state index in [9.17, 15) is 14.0 Å². The Morgan fingerprint density at radius 2 is 1.93 bits per heavy atom. The molecule has 0 spiro atoms. The van der Waals surface area contributed by atoms with Gasteiger partial charge in [-0.1, -0.05) is 12.1 Å². The fourth-order valence-electron chi connectivity index (χ4n) is 0.816. The molecule has 0 heterocycles. The quantitative estimate of drug-likeness (QED) is 0.540. The van der Waals surface area contributed by atoms with Crippen LogP contribution in [0.25, 0.3) is 0 Å². The lowest BCUT2D eigenvalue weighted by atomic mass is 10.2. The molecule has 0 unspecified atom stereocenters. The number of carbonyl (C=O) groups excluding carboxylic acids is 2. The number of rotatable bonds is 3. The molecule has 15 heavy (non-hydrogen) atoms. The van der Waals surface area contributed by atoms with Crippen molar-refractivity contribution in [3.8, 4) is 0 Å². The highest BCUT2D eigenvalue weighted by molar-refractivity contribution is 6.34. The molecule has 0 aliphatic rings. The Morgan fingerprint density at radius 1 is 1.33 bits per heavy atom. The van der Waals surface area contributed by atoms with Crippen molar-refractivity contribution in [1.82, 2.24) is 5.48 Å². The molecular formula is C9H9FN2O3. The third kappa shape index (κ3) is 3.74. The SMILES string of the molecule is NC(=O)C(=O)NOCc1ccc(F)cc1. The number of benzene rings is 1. The molecule has 1 aromatic rings. The predicted molar refractivity (Wildman–Crippen MR) is 48.5 cm³/mol. The summed E-state index contributed by atoms with van der Waals surface area (Å²) in [6, 6.07) is 5.50. The Hall–Kier alpha value is -1.95. The highest BCUT2D eigenvalue weighted by Crippen LogP contribution is 2.02. The summed E-state index contributed by atoms with van der Waals surface area (Å²) in [5.74, 6) is -2.52. The number of amides is 2. The predicted octanol–water partition coefficient (Wildman–Crippen LogP) is -0.141. The van der Waals surface area contributed by atoms with Crippen LogP contribution < -0.4 is 11.2 Å². The molecular weight excluding hydrogens is 203 g/mol. The Bertz CT molecular complexity index is 364. The van der Waals surface area contributed by atoms with Gasteiger partial charge in [0.05, 0.1) is 6.61 Å². The van der Waals surface area contributed by atoms with Gasteiger partial charge >= 0.3 is 11.8 Å². The first kappa shape index (κ1) is 11.1. The van der Waals surface area contributed by atoms with Crippen LogP contribution in [0.15, 0.2) is 24.3 Å². The van der Waals surface area contributed by atoms with E-state index in [0.29, 0.717) is 5.56 Å². The van der Waals surface area contributed by atoms with Gasteiger partial charge in [-0.3, -0.25) is 14.4 Å². The van der Waals surface area contributed by atoms with E-state index in [4.69, 9.17) is 0 Å². The number of hydrogen-bond acceptors (Lipinski definition) is 3. The average Bonchev–Trinajstić information content (AvgIpc) is 2.20. The number of nitrogens with one attached hydrogen (secondary N) is 1. The van der Waals surface area contributed by atoms with Crippen LogP contribution in [0, 0.1) is 5.82 Å². The van der Waals surface area contributed by atoms with Gasteiger partial charge in [-0.2, -0.15) is 0 Å². The molecule has 0 aliphatic heterocycles. The zero-order chi connectivity index (χ0) is 11.3. The summed E-state index contributed by atoms with van der Waals surface area (Å²) in [4.78, 5) is 25.5. The molecule has 0 bridgehead atoms. The molecule has 80 valence electrons. The van der Waals surface area contributed by atoms with Gasteiger partial charge in [0, 0.05) is 0 Å². The molecule has 3 N–H and O–H groups in total. The lowest BCUT2D eigenvalue weighted by molar-refractivity contribution is -0.146. The summed E-state index contributed by atoms with van der Waals surface area (Å²) >= 11 is 0. The minimum atomic E-state index is -1.13. The maximum atomic E-state index is 12.5. The summed E-state index contributed by atoms with van der Waals surface area (Å²) in [6.45, 7) is 0.0271. The van der Waals surface area contributed by atoms with Crippen molar-refractivity contribution in [1.29, 1.82) is 0 Å². The monoisotopic (exact) mass is 212 g/mol. The normalized spacial score (nSPS) is 9.67. The Balaban J connectivity index is 2.35. The van der Waals surface area contributed by atoms with Gasteiger partial charge in [0.25, 0.3) is 0 Å². The highest BCUT2D eigenvalue weighted by atomic mass is 19.1. The van der Waals surface area contributed by atoms with Crippen LogP contribution in [0.5, 0.6) is 0 Å². The van der Waals surface area contributed by atoms with Crippen LogP contribution >= 0.6 is 0 Å². The molecule has 5 nitrogen and oxygen atoms in total. The van der Waals surface area contributed by atoms with Crippen LogP contribution in [0.2, 0.25) is 0 Å². The Morgan fingerprint density at radius 3 is 2.47 bits per heavy atom. The molecule has 0 saturated carbocycles. The molecule has 0 saturated heterocycles. The second-order valence-electron chi connectivity index (χ2n) is 2.71. The van der Waals surface area contributed by atoms with E-state index >= 15 is 0 Å². The zero-order valence-electron chi connectivity index (χ0n) is 7.70. The van der Waals surface area contributed by atoms with Gasteiger partial charge in [-0.15, -0.1) is 0 Å². The molecule has 0 aliphatic carbocycles. The first-order valence-corrected chi connectivity index (χ1v) is 4.05. The van der Waals surface area contributed by atoms with Gasteiger partial charge in [0.1, 0.15) is 5.82 Å². The van der Waals surface area contributed by atoms with E-state index < -0.39 is 11.8 Å². The second-order valence-corrected chi connectivity index (χ2v) is 2.71. The zero-order valence-corrected chi connectivity index (χ0v) is 7.70. The number of halogens is 1. The van der Waals surface area contributed by atoms with Crippen LogP contribution in [0.4, 0.5) is 4.39 Å². The largest absolute Gasteiger partial charge is 0.361 e. The Labute approximate surface area is 85.0 Å². The van der Waals surface area contributed by atoms with E-state index in [1.807, 2.05) is 5.48 Å². The van der Waals surface area contributed by atoms with E-state index in [1.165, 1.54) is 24.3 Å². The number of hydrogen-bond donors (Lipinski definition) is 2. The fraction of sp³-hybridized carbons (Fsp3) is 0.111. The summed E-state index contributed by atoms with van der Waals surface area (Å²) in [5.41, 5.74) is 7.15. The van der Waals surface area contributed by atoms with Crippen molar-refractivity contribution >= 4 is 11.8 Å². The first-order chi connectivity index (χ1) is 7.09. The van der Waals surface area contributed by atoms with E-state index in [0.717, 1.165) is 0 Å². The van der Waals surface area contributed by atoms with Gasteiger partial charge in [0.2, 0.25) is 0 Å². The number of nitrogens with two attached hydrogens (primary N) is 1. The van der Waals surface area contributed by atoms with E-state index in [-0.39, 0.29) is 12.4 Å². The van der Waals surface area contributed by atoms with Gasteiger partial charge < -0.3 is 5.73 Å².